The van der Waals surface area contributed by atoms with Gasteiger partial charge in [-0.1, -0.05) is 62.9 Å². The van der Waals surface area contributed by atoms with E-state index in [0.717, 1.165) is 46.2 Å². The van der Waals surface area contributed by atoms with E-state index in [1.807, 2.05) is 18.2 Å². The molecule has 5 rings (SSSR count). The summed E-state index contributed by atoms with van der Waals surface area (Å²) in [5.74, 6) is 1.43. The fourth-order valence-electron chi connectivity index (χ4n) is 4.75. The first-order chi connectivity index (χ1) is 18.0. The van der Waals surface area contributed by atoms with Crippen molar-refractivity contribution in [1.82, 2.24) is 19.9 Å². The molecule has 0 bridgehead atoms. The molecule has 37 heavy (non-hydrogen) atoms. The van der Waals surface area contributed by atoms with Crippen molar-refractivity contribution in [2.45, 2.75) is 71.0 Å². The van der Waals surface area contributed by atoms with E-state index in [1.165, 1.54) is 44.1 Å². The highest BCUT2D eigenvalue weighted by atomic mass is 16.5. The van der Waals surface area contributed by atoms with Gasteiger partial charge in [0.2, 0.25) is 5.95 Å². The Balaban J connectivity index is 0.000000405. The van der Waals surface area contributed by atoms with Crippen molar-refractivity contribution in [3.05, 3.63) is 53.6 Å². The number of unbranched alkanes of at least 4 members (excludes halogenated alkanes) is 3. The average Bonchev–Trinajstić information content (AvgIpc) is 3.18. The number of hydrogen-bond donors (Lipinski definition) is 4. The van der Waals surface area contributed by atoms with E-state index in [1.54, 1.807) is 7.11 Å². The molecular weight excluding hydrogens is 464 g/mol. The first kappa shape index (κ1) is 26.7. The summed E-state index contributed by atoms with van der Waals surface area (Å²) in [6, 6.07) is 15.2. The van der Waals surface area contributed by atoms with Gasteiger partial charge in [-0.05, 0) is 37.0 Å². The lowest BCUT2D eigenvalue weighted by molar-refractivity contribution is 0.283. The Hall–Kier alpha value is -3.36. The zero-order valence-electron chi connectivity index (χ0n) is 22.0. The number of methoxy groups -OCH3 is 1. The van der Waals surface area contributed by atoms with Gasteiger partial charge in [-0.15, -0.1) is 0 Å². The number of aliphatic hydroxyl groups excluding tert-OH is 1. The predicted octanol–water partition coefficient (Wildman–Crippen LogP) is 5.01. The normalized spacial score (nSPS) is 13.4. The Bertz CT molecular complexity index is 1310. The molecule has 0 spiro atoms. The number of anilines is 2. The smallest absolute Gasteiger partial charge is 0.222 e. The van der Waals surface area contributed by atoms with Crippen LogP contribution in [-0.4, -0.2) is 39.4 Å². The van der Waals surface area contributed by atoms with Gasteiger partial charge in [-0.25, -0.2) is 4.98 Å². The Morgan fingerprint density at radius 1 is 1.08 bits per heavy atom. The standard InChI is InChI=1S/C23H26N6O.C6H14O/c1-30-19-11-14(12-26-16-5-4-6-16)9-10-15(19)13-29-18-8-3-2-7-17(18)20-21(29)22(24)28-23(25)27-20;1-2-3-4-5-6-7/h2-3,7-11,16,26H,4-6,12-13H2,1H3,(H4,24,25,27,28);7H,2-6H2,1H3. The van der Waals surface area contributed by atoms with Crippen molar-refractivity contribution >= 4 is 33.7 Å². The molecule has 1 saturated carbocycles. The van der Waals surface area contributed by atoms with Crippen LogP contribution in [0.2, 0.25) is 0 Å². The van der Waals surface area contributed by atoms with Crippen LogP contribution in [0.5, 0.6) is 5.75 Å². The van der Waals surface area contributed by atoms with E-state index in [2.05, 4.69) is 51.0 Å². The summed E-state index contributed by atoms with van der Waals surface area (Å²) in [5.41, 5.74) is 17.0. The Labute approximate surface area is 219 Å². The van der Waals surface area contributed by atoms with Crippen LogP contribution in [0.4, 0.5) is 11.8 Å². The number of benzene rings is 2. The summed E-state index contributed by atoms with van der Waals surface area (Å²) < 4.78 is 7.87. The van der Waals surface area contributed by atoms with E-state index in [0.29, 0.717) is 25.0 Å². The summed E-state index contributed by atoms with van der Waals surface area (Å²) in [6.45, 7) is 3.98. The molecule has 8 heteroatoms. The summed E-state index contributed by atoms with van der Waals surface area (Å²) in [4.78, 5) is 8.66. The van der Waals surface area contributed by atoms with Gasteiger partial charge in [0.1, 0.15) is 16.8 Å². The highest BCUT2D eigenvalue weighted by Gasteiger charge is 2.19. The second-order valence-corrected chi connectivity index (χ2v) is 9.71. The molecule has 1 aliphatic carbocycles. The van der Waals surface area contributed by atoms with Crippen LogP contribution < -0.4 is 21.5 Å². The summed E-state index contributed by atoms with van der Waals surface area (Å²) in [5, 5.41) is 12.9. The minimum Gasteiger partial charge on any atom is -0.496 e. The summed E-state index contributed by atoms with van der Waals surface area (Å²) in [7, 11) is 1.71. The van der Waals surface area contributed by atoms with Crippen molar-refractivity contribution in [2.24, 2.45) is 0 Å². The number of aliphatic hydroxyl groups is 1. The first-order valence-corrected chi connectivity index (χ1v) is 13.4. The molecule has 8 nitrogen and oxygen atoms in total. The number of nitrogens with two attached hydrogens (primary N) is 2. The van der Waals surface area contributed by atoms with E-state index >= 15 is 0 Å². The molecule has 0 aliphatic heterocycles. The number of hydrogen-bond acceptors (Lipinski definition) is 7. The van der Waals surface area contributed by atoms with E-state index < -0.39 is 0 Å². The van der Waals surface area contributed by atoms with Gasteiger partial charge in [-0.2, -0.15) is 4.98 Å². The van der Waals surface area contributed by atoms with Gasteiger partial charge >= 0.3 is 0 Å². The Kier molecular flexibility index (Phi) is 9.19. The van der Waals surface area contributed by atoms with Gasteiger partial charge in [0, 0.05) is 30.1 Å². The van der Waals surface area contributed by atoms with Crippen molar-refractivity contribution in [3.63, 3.8) is 0 Å². The van der Waals surface area contributed by atoms with Gasteiger partial charge in [-0.3, -0.25) is 0 Å². The number of para-hydroxylation sites is 1. The molecule has 0 saturated heterocycles. The van der Waals surface area contributed by atoms with Crippen molar-refractivity contribution in [2.75, 3.05) is 25.2 Å². The molecule has 198 valence electrons. The quantitative estimate of drug-likeness (QED) is 0.224. The molecule has 2 aromatic heterocycles. The number of nitrogens with one attached hydrogen (secondary N) is 1. The molecule has 0 radical (unpaired) electrons. The summed E-state index contributed by atoms with van der Waals surface area (Å²) in [6.07, 6.45) is 8.56. The molecule has 2 heterocycles. The van der Waals surface area contributed by atoms with Crippen LogP contribution in [0.3, 0.4) is 0 Å². The maximum atomic E-state index is 8.29. The number of fused-ring (bicyclic) bond motifs is 3. The third kappa shape index (κ3) is 6.32. The number of nitrogens with zero attached hydrogens (tertiary/aromatic N) is 3. The van der Waals surface area contributed by atoms with E-state index in [-0.39, 0.29) is 5.95 Å². The molecule has 1 fully saturated rings. The third-order valence-electron chi connectivity index (χ3n) is 7.04. The van der Waals surface area contributed by atoms with Crippen LogP contribution >= 0.6 is 0 Å². The van der Waals surface area contributed by atoms with E-state index in [9.17, 15) is 0 Å². The number of nitrogen functional groups attached to an aromatic ring is 2. The van der Waals surface area contributed by atoms with Crippen molar-refractivity contribution in [1.29, 1.82) is 0 Å². The lowest BCUT2D eigenvalue weighted by Crippen LogP contribution is -2.34. The fourth-order valence-corrected chi connectivity index (χ4v) is 4.75. The van der Waals surface area contributed by atoms with Crippen LogP contribution in [-0.2, 0) is 13.1 Å². The van der Waals surface area contributed by atoms with Gasteiger partial charge in [0.05, 0.1) is 19.2 Å². The second kappa shape index (κ2) is 12.7. The van der Waals surface area contributed by atoms with Crippen LogP contribution in [0.25, 0.3) is 21.9 Å². The number of aromatic nitrogens is 3. The third-order valence-corrected chi connectivity index (χ3v) is 7.04. The monoisotopic (exact) mass is 504 g/mol. The summed E-state index contributed by atoms with van der Waals surface area (Å²) >= 11 is 0. The van der Waals surface area contributed by atoms with Crippen LogP contribution in [0.15, 0.2) is 42.5 Å². The maximum absolute atomic E-state index is 8.29. The molecule has 0 unspecified atom stereocenters. The van der Waals surface area contributed by atoms with Gasteiger partial charge in [0.25, 0.3) is 0 Å². The van der Waals surface area contributed by atoms with Crippen LogP contribution in [0, 0.1) is 0 Å². The predicted molar refractivity (Wildman–Crippen MR) is 152 cm³/mol. The largest absolute Gasteiger partial charge is 0.496 e. The zero-order chi connectivity index (χ0) is 26.2. The number of ether oxygens (including phenoxy) is 1. The minimum absolute atomic E-state index is 0.184. The molecular formula is C29H40N6O2. The van der Waals surface area contributed by atoms with E-state index in [4.69, 9.17) is 21.3 Å². The molecule has 2 aromatic carbocycles. The van der Waals surface area contributed by atoms with Crippen molar-refractivity contribution in [3.8, 4) is 5.75 Å². The Morgan fingerprint density at radius 2 is 1.89 bits per heavy atom. The van der Waals surface area contributed by atoms with Gasteiger partial charge in [0.15, 0.2) is 5.82 Å². The lowest BCUT2D eigenvalue weighted by atomic mass is 9.93. The first-order valence-electron chi connectivity index (χ1n) is 13.4. The molecule has 0 atom stereocenters. The minimum atomic E-state index is 0.184. The molecule has 6 N–H and O–H groups in total. The van der Waals surface area contributed by atoms with Gasteiger partial charge < -0.3 is 31.2 Å². The average molecular weight is 505 g/mol. The molecule has 4 aromatic rings. The highest BCUT2D eigenvalue weighted by Crippen LogP contribution is 2.33. The zero-order valence-corrected chi connectivity index (χ0v) is 22.0. The van der Waals surface area contributed by atoms with Crippen molar-refractivity contribution < 1.29 is 9.84 Å². The fraction of sp³-hybridized carbons (Fsp3) is 0.448. The SMILES string of the molecule is CCCCCCO.COc1cc(CNC2CCC2)ccc1Cn1c2ccccc2c2nc(N)nc(N)c21. The maximum Gasteiger partial charge on any atom is 0.222 e. The Morgan fingerprint density at radius 3 is 2.59 bits per heavy atom. The molecule has 0 amide bonds. The topological polar surface area (TPSA) is 124 Å². The highest BCUT2D eigenvalue weighted by molar-refractivity contribution is 6.09. The van der Waals surface area contributed by atoms with Crippen LogP contribution in [0.1, 0.15) is 63.0 Å². The molecule has 1 aliphatic rings. The number of rotatable bonds is 10. The lowest BCUT2D eigenvalue weighted by Gasteiger charge is -2.26. The second-order valence-electron chi connectivity index (χ2n) is 9.71.